The normalized spacial score (nSPS) is 17.2. The fourth-order valence-corrected chi connectivity index (χ4v) is 5.15. The number of benzene rings is 2. The standard InChI is InChI=1S/C19H17F3N2O3S/c20-19(21,22)14-5-1-4-8-17(14)28(25,26)24-11-9-13(10-12-24)18-23-15-6-2-3-7-16(15)27-18/h1-8,13H,9-12H2. The number of fused-ring (bicyclic) bond motifs is 1. The molecule has 1 aromatic heterocycles. The molecule has 0 aliphatic carbocycles. The zero-order valence-electron chi connectivity index (χ0n) is 14.7. The number of aromatic nitrogens is 1. The van der Waals surface area contributed by atoms with E-state index in [1.165, 1.54) is 12.1 Å². The molecular formula is C19H17F3N2O3S. The highest BCUT2D eigenvalue weighted by Gasteiger charge is 2.40. The summed E-state index contributed by atoms with van der Waals surface area (Å²) in [6, 6.07) is 11.6. The third kappa shape index (κ3) is 3.40. The van der Waals surface area contributed by atoms with Crippen LogP contribution in [0, 0.1) is 0 Å². The van der Waals surface area contributed by atoms with Crippen molar-refractivity contribution in [1.29, 1.82) is 0 Å². The Balaban J connectivity index is 1.55. The number of para-hydroxylation sites is 2. The minimum Gasteiger partial charge on any atom is -0.440 e. The fraction of sp³-hybridized carbons (Fsp3) is 0.316. The molecule has 0 amide bonds. The van der Waals surface area contributed by atoms with Crippen LogP contribution in [0.1, 0.15) is 30.2 Å². The van der Waals surface area contributed by atoms with Crippen molar-refractivity contribution in [3.05, 3.63) is 60.0 Å². The van der Waals surface area contributed by atoms with E-state index in [1.54, 1.807) is 6.07 Å². The lowest BCUT2D eigenvalue weighted by molar-refractivity contribution is -0.139. The largest absolute Gasteiger partial charge is 0.440 e. The van der Waals surface area contributed by atoms with Gasteiger partial charge in [0.15, 0.2) is 11.5 Å². The van der Waals surface area contributed by atoms with Gasteiger partial charge in [0.1, 0.15) is 5.52 Å². The van der Waals surface area contributed by atoms with Crippen LogP contribution >= 0.6 is 0 Å². The van der Waals surface area contributed by atoms with Crippen LogP contribution in [-0.4, -0.2) is 30.8 Å². The second-order valence-corrected chi connectivity index (χ2v) is 8.60. The minimum absolute atomic E-state index is 0.0725. The smallest absolute Gasteiger partial charge is 0.417 e. The van der Waals surface area contributed by atoms with Gasteiger partial charge in [-0.15, -0.1) is 0 Å². The number of oxazole rings is 1. The minimum atomic E-state index is -4.74. The van der Waals surface area contributed by atoms with E-state index in [4.69, 9.17) is 4.42 Å². The molecule has 0 saturated carbocycles. The lowest BCUT2D eigenvalue weighted by Gasteiger charge is -2.30. The molecule has 2 aromatic carbocycles. The Kier molecular flexibility index (Phi) is 4.67. The van der Waals surface area contributed by atoms with Gasteiger partial charge in [-0.3, -0.25) is 0 Å². The van der Waals surface area contributed by atoms with Crippen molar-refractivity contribution in [3.8, 4) is 0 Å². The van der Waals surface area contributed by atoms with Crippen molar-refractivity contribution < 1.29 is 26.0 Å². The number of nitrogens with zero attached hydrogens (tertiary/aromatic N) is 2. The van der Waals surface area contributed by atoms with Gasteiger partial charge in [0.05, 0.1) is 10.5 Å². The van der Waals surface area contributed by atoms with Crippen LogP contribution < -0.4 is 0 Å². The molecule has 9 heteroatoms. The summed E-state index contributed by atoms with van der Waals surface area (Å²) >= 11 is 0. The molecule has 1 aliphatic rings. The molecule has 1 saturated heterocycles. The van der Waals surface area contributed by atoms with Crippen LogP contribution in [-0.2, 0) is 16.2 Å². The highest BCUT2D eigenvalue weighted by molar-refractivity contribution is 7.89. The zero-order valence-corrected chi connectivity index (χ0v) is 15.5. The Labute approximate surface area is 159 Å². The zero-order chi connectivity index (χ0) is 19.9. The first-order chi connectivity index (χ1) is 13.3. The van der Waals surface area contributed by atoms with E-state index >= 15 is 0 Å². The summed E-state index contributed by atoms with van der Waals surface area (Å²) in [4.78, 5) is 3.74. The molecular weight excluding hydrogens is 393 g/mol. The molecule has 0 N–H and O–H groups in total. The van der Waals surface area contributed by atoms with E-state index < -0.39 is 26.7 Å². The summed E-state index contributed by atoms with van der Waals surface area (Å²) < 4.78 is 72.2. The molecule has 5 nitrogen and oxygen atoms in total. The molecule has 1 fully saturated rings. The van der Waals surface area contributed by atoms with Gasteiger partial charge in [0.2, 0.25) is 10.0 Å². The Bertz CT molecular complexity index is 1070. The van der Waals surface area contributed by atoms with Gasteiger partial charge >= 0.3 is 6.18 Å². The highest BCUT2D eigenvalue weighted by atomic mass is 32.2. The van der Waals surface area contributed by atoms with Crippen LogP contribution in [0.25, 0.3) is 11.1 Å². The summed E-state index contributed by atoms with van der Waals surface area (Å²) in [5.41, 5.74) is 0.245. The van der Waals surface area contributed by atoms with Crippen molar-refractivity contribution in [2.75, 3.05) is 13.1 Å². The van der Waals surface area contributed by atoms with Gasteiger partial charge in [-0.05, 0) is 37.1 Å². The van der Waals surface area contributed by atoms with E-state index in [9.17, 15) is 21.6 Å². The lowest BCUT2D eigenvalue weighted by atomic mass is 9.98. The molecule has 0 spiro atoms. The van der Waals surface area contributed by atoms with Crippen LogP contribution in [0.4, 0.5) is 13.2 Å². The van der Waals surface area contributed by atoms with Crippen LogP contribution in [0.3, 0.4) is 0 Å². The van der Waals surface area contributed by atoms with Crippen molar-refractivity contribution in [2.24, 2.45) is 0 Å². The predicted octanol–water partition coefficient (Wildman–Crippen LogP) is 4.41. The Morgan fingerprint density at radius 2 is 1.64 bits per heavy atom. The van der Waals surface area contributed by atoms with Gasteiger partial charge in [0.25, 0.3) is 0 Å². The number of hydrogen-bond donors (Lipinski definition) is 0. The quantitative estimate of drug-likeness (QED) is 0.642. The first kappa shape index (κ1) is 18.9. The van der Waals surface area contributed by atoms with E-state index in [0.717, 1.165) is 22.0 Å². The molecule has 0 unspecified atom stereocenters. The topological polar surface area (TPSA) is 63.4 Å². The third-order valence-corrected chi connectivity index (χ3v) is 6.88. The van der Waals surface area contributed by atoms with Crippen molar-refractivity contribution in [1.82, 2.24) is 9.29 Å². The number of halogens is 3. The van der Waals surface area contributed by atoms with Crippen molar-refractivity contribution in [3.63, 3.8) is 0 Å². The molecule has 0 atom stereocenters. The van der Waals surface area contributed by atoms with E-state index in [-0.39, 0.29) is 19.0 Å². The average Bonchev–Trinajstić information content (AvgIpc) is 3.12. The second kappa shape index (κ2) is 6.89. The number of sulfonamides is 1. The number of hydrogen-bond acceptors (Lipinski definition) is 4. The summed E-state index contributed by atoms with van der Waals surface area (Å²) in [6.45, 7) is 0.218. The predicted molar refractivity (Wildman–Crippen MR) is 96.2 cm³/mol. The molecule has 2 heterocycles. The Morgan fingerprint density at radius 3 is 2.32 bits per heavy atom. The molecule has 28 heavy (non-hydrogen) atoms. The van der Waals surface area contributed by atoms with Crippen LogP contribution in [0.15, 0.2) is 57.8 Å². The highest BCUT2D eigenvalue weighted by Crippen LogP contribution is 2.37. The van der Waals surface area contributed by atoms with E-state index in [2.05, 4.69) is 4.98 Å². The van der Waals surface area contributed by atoms with Crippen LogP contribution in [0.5, 0.6) is 0 Å². The van der Waals surface area contributed by atoms with Gasteiger partial charge in [-0.25, -0.2) is 13.4 Å². The summed E-state index contributed by atoms with van der Waals surface area (Å²) in [7, 11) is -4.24. The molecule has 3 aromatic rings. The van der Waals surface area contributed by atoms with Crippen molar-refractivity contribution in [2.45, 2.75) is 29.8 Å². The first-order valence-corrected chi connectivity index (χ1v) is 10.2. The van der Waals surface area contributed by atoms with Gasteiger partial charge in [0, 0.05) is 19.0 Å². The molecule has 0 radical (unpaired) electrons. The SMILES string of the molecule is O=S(=O)(c1ccccc1C(F)(F)F)N1CCC(c2nc3ccccc3o2)CC1. The number of alkyl halides is 3. The summed E-state index contributed by atoms with van der Waals surface area (Å²) in [5, 5.41) is 0. The molecule has 4 rings (SSSR count). The third-order valence-electron chi connectivity index (χ3n) is 4.92. The molecule has 148 valence electrons. The Morgan fingerprint density at radius 1 is 1.00 bits per heavy atom. The number of piperidine rings is 1. The lowest BCUT2D eigenvalue weighted by Crippen LogP contribution is -2.38. The first-order valence-electron chi connectivity index (χ1n) is 8.78. The van der Waals surface area contributed by atoms with E-state index in [1.807, 2.05) is 18.2 Å². The second-order valence-electron chi connectivity index (χ2n) is 6.69. The number of rotatable bonds is 3. The maximum atomic E-state index is 13.2. The van der Waals surface area contributed by atoms with E-state index in [0.29, 0.717) is 24.3 Å². The maximum absolute atomic E-state index is 13.2. The fourth-order valence-electron chi connectivity index (χ4n) is 3.47. The average molecular weight is 410 g/mol. The summed E-state index contributed by atoms with van der Waals surface area (Å²) in [5.74, 6) is 0.464. The van der Waals surface area contributed by atoms with Crippen LogP contribution in [0.2, 0.25) is 0 Å². The Hall–Kier alpha value is -2.39. The maximum Gasteiger partial charge on any atom is 0.417 e. The van der Waals surface area contributed by atoms with Gasteiger partial charge in [-0.2, -0.15) is 17.5 Å². The molecule has 0 bridgehead atoms. The van der Waals surface area contributed by atoms with Crippen molar-refractivity contribution >= 4 is 21.1 Å². The summed E-state index contributed by atoms with van der Waals surface area (Å²) in [6.07, 6.45) is -3.87. The molecule has 1 aliphatic heterocycles. The monoisotopic (exact) mass is 410 g/mol. The van der Waals surface area contributed by atoms with Gasteiger partial charge in [-0.1, -0.05) is 24.3 Å². The van der Waals surface area contributed by atoms with Gasteiger partial charge < -0.3 is 4.42 Å².